The number of hydrogen-bond acceptors (Lipinski definition) is 6. The standard InChI is InChI=1S/C17H22N4O3S/c1-20(2)8-9-21(12-15(22)19-17-18-7-10-25-17)16(23)13-5-4-6-14(11-13)24-3/h4-7,10-11H,8-9,12H2,1-3H3,(H,18,19,22). The fourth-order valence-electron chi connectivity index (χ4n) is 2.13. The van der Waals surface area contributed by atoms with Gasteiger partial charge in [0.25, 0.3) is 5.91 Å². The minimum absolute atomic E-state index is 0.0382. The molecule has 25 heavy (non-hydrogen) atoms. The molecule has 2 amide bonds. The van der Waals surface area contributed by atoms with Crippen molar-refractivity contribution in [2.45, 2.75) is 0 Å². The number of anilines is 1. The van der Waals surface area contributed by atoms with Crippen LogP contribution in [0.5, 0.6) is 5.75 Å². The van der Waals surface area contributed by atoms with E-state index in [2.05, 4.69) is 10.3 Å². The van der Waals surface area contributed by atoms with Gasteiger partial charge in [-0.25, -0.2) is 4.98 Å². The van der Waals surface area contributed by atoms with Gasteiger partial charge in [-0.2, -0.15) is 0 Å². The average molecular weight is 362 g/mol. The molecular formula is C17H22N4O3S. The number of aromatic nitrogens is 1. The number of hydrogen-bond donors (Lipinski definition) is 1. The Hall–Kier alpha value is -2.45. The first-order chi connectivity index (χ1) is 12.0. The Bertz CT molecular complexity index is 704. The molecule has 0 unspecified atom stereocenters. The summed E-state index contributed by atoms with van der Waals surface area (Å²) in [4.78, 5) is 32.6. The largest absolute Gasteiger partial charge is 0.497 e. The zero-order chi connectivity index (χ0) is 18.2. The molecule has 1 heterocycles. The van der Waals surface area contributed by atoms with Crippen LogP contribution in [-0.4, -0.2) is 67.4 Å². The van der Waals surface area contributed by atoms with Crippen LogP contribution in [0.3, 0.4) is 0 Å². The average Bonchev–Trinajstić information content (AvgIpc) is 3.10. The van der Waals surface area contributed by atoms with E-state index in [1.54, 1.807) is 43.0 Å². The minimum Gasteiger partial charge on any atom is -0.497 e. The van der Waals surface area contributed by atoms with Gasteiger partial charge in [-0.15, -0.1) is 11.3 Å². The normalized spacial score (nSPS) is 10.6. The van der Waals surface area contributed by atoms with Gasteiger partial charge in [0, 0.05) is 30.2 Å². The third kappa shape index (κ3) is 5.84. The van der Waals surface area contributed by atoms with Crippen molar-refractivity contribution in [2.75, 3.05) is 46.2 Å². The van der Waals surface area contributed by atoms with Crippen molar-refractivity contribution in [3.63, 3.8) is 0 Å². The van der Waals surface area contributed by atoms with E-state index in [0.717, 1.165) is 0 Å². The van der Waals surface area contributed by atoms with Gasteiger partial charge in [0.2, 0.25) is 5.91 Å². The van der Waals surface area contributed by atoms with Crippen LogP contribution in [-0.2, 0) is 4.79 Å². The molecule has 2 aromatic rings. The van der Waals surface area contributed by atoms with Crippen LogP contribution >= 0.6 is 11.3 Å². The predicted molar refractivity (Wildman–Crippen MR) is 98.2 cm³/mol. The van der Waals surface area contributed by atoms with Gasteiger partial charge in [-0.1, -0.05) is 6.07 Å². The van der Waals surface area contributed by atoms with Gasteiger partial charge in [-0.3, -0.25) is 9.59 Å². The Labute approximate surface area is 151 Å². The number of methoxy groups -OCH3 is 1. The van der Waals surface area contributed by atoms with Crippen molar-refractivity contribution >= 4 is 28.3 Å². The van der Waals surface area contributed by atoms with Gasteiger partial charge in [0.05, 0.1) is 7.11 Å². The molecule has 0 saturated heterocycles. The number of amides is 2. The summed E-state index contributed by atoms with van der Waals surface area (Å²) in [6.07, 6.45) is 1.62. The fourth-order valence-corrected chi connectivity index (χ4v) is 2.67. The monoisotopic (exact) mass is 362 g/mol. The molecule has 0 atom stereocenters. The molecule has 0 bridgehead atoms. The first-order valence-electron chi connectivity index (χ1n) is 7.77. The van der Waals surface area contributed by atoms with E-state index in [0.29, 0.717) is 29.5 Å². The molecule has 2 rings (SSSR count). The predicted octanol–water partition coefficient (Wildman–Crippen LogP) is 1.79. The molecule has 1 aromatic carbocycles. The Morgan fingerprint density at radius 1 is 1.28 bits per heavy atom. The molecule has 0 aliphatic heterocycles. The van der Waals surface area contributed by atoms with Crippen LogP contribution in [0.2, 0.25) is 0 Å². The second-order valence-corrected chi connectivity index (χ2v) is 6.54. The number of rotatable bonds is 8. The second kappa shape index (κ2) is 9.14. The number of thiazole rings is 1. The summed E-state index contributed by atoms with van der Waals surface area (Å²) in [6.45, 7) is 1.05. The number of benzene rings is 1. The first-order valence-corrected chi connectivity index (χ1v) is 8.65. The lowest BCUT2D eigenvalue weighted by Crippen LogP contribution is -2.41. The van der Waals surface area contributed by atoms with Crippen molar-refractivity contribution in [1.82, 2.24) is 14.8 Å². The Morgan fingerprint density at radius 3 is 2.72 bits per heavy atom. The molecule has 1 aromatic heterocycles. The molecule has 8 heteroatoms. The summed E-state index contributed by atoms with van der Waals surface area (Å²) < 4.78 is 5.17. The van der Waals surface area contributed by atoms with Gasteiger partial charge in [-0.05, 0) is 32.3 Å². The molecule has 134 valence electrons. The van der Waals surface area contributed by atoms with Crippen molar-refractivity contribution in [2.24, 2.45) is 0 Å². The Balaban J connectivity index is 2.10. The van der Waals surface area contributed by atoms with E-state index in [9.17, 15) is 9.59 Å². The van der Waals surface area contributed by atoms with Crippen LogP contribution in [0.25, 0.3) is 0 Å². The minimum atomic E-state index is -0.273. The number of likely N-dealkylation sites (N-methyl/N-ethyl adjacent to an activating group) is 1. The molecule has 0 aliphatic rings. The van der Waals surface area contributed by atoms with Crippen molar-refractivity contribution in [3.8, 4) is 5.75 Å². The molecular weight excluding hydrogens is 340 g/mol. The van der Waals surface area contributed by atoms with Crippen LogP contribution in [0.15, 0.2) is 35.8 Å². The lowest BCUT2D eigenvalue weighted by molar-refractivity contribution is -0.116. The zero-order valence-corrected chi connectivity index (χ0v) is 15.4. The topological polar surface area (TPSA) is 74.8 Å². The summed E-state index contributed by atoms with van der Waals surface area (Å²) >= 11 is 1.34. The smallest absolute Gasteiger partial charge is 0.254 e. The number of nitrogens with zero attached hydrogens (tertiary/aromatic N) is 3. The van der Waals surface area contributed by atoms with E-state index in [-0.39, 0.29) is 18.4 Å². The van der Waals surface area contributed by atoms with E-state index in [1.807, 2.05) is 19.0 Å². The molecule has 7 nitrogen and oxygen atoms in total. The van der Waals surface area contributed by atoms with Crippen LogP contribution in [0.1, 0.15) is 10.4 Å². The SMILES string of the molecule is COc1cccc(C(=O)N(CCN(C)C)CC(=O)Nc2nccs2)c1. The summed E-state index contributed by atoms with van der Waals surface area (Å²) in [5.74, 6) is 0.116. The van der Waals surface area contributed by atoms with Crippen LogP contribution < -0.4 is 10.1 Å². The molecule has 0 aliphatic carbocycles. The lowest BCUT2D eigenvalue weighted by atomic mass is 10.2. The summed E-state index contributed by atoms with van der Waals surface area (Å²) in [5.41, 5.74) is 0.486. The summed E-state index contributed by atoms with van der Waals surface area (Å²) in [6, 6.07) is 6.91. The van der Waals surface area contributed by atoms with E-state index in [1.165, 1.54) is 16.2 Å². The Kier molecular flexibility index (Phi) is 6.91. The highest BCUT2D eigenvalue weighted by Crippen LogP contribution is 2.15. The molecule has 0 saturated carbocycles. The van der Waals surface area contributed by atoms with Crippen molar-refractivity contribution in [1.29, 1.82) is 0 Å². The maximum Gasteiger partial charge on any atom is 0.254 e. The van der Waals surface area contributed by atoms with Crippen LogP contribution in [0, 0.1) is 0 Å². The molecule has 0 spiro atoms. The molecule has 0 fully saturated rings. The molecule has 1 N–H and O–H groups in total. The number of carbonyl (C=O) groups excluding carboxylic acids is 2. The number of carbonyl (C=O) groups is 2. The highest BCUT2D eigenvalue weighted by Gasteiger charge is 2.20. The Morgan fingerprint density at radius 2 is 2.08 bits per heavy atom. The maximum atomic E-state index is 12.8. The van der Waals surface area contributed by atoms with Crippen molar-refractivity contribution < 1.29 is 14.3 Å². The third-order valence-corrected chi connectivity index (χ3v) is 4.12. The maximum absolute atomic E-state index is 12.8. The first kappa shape index (κ1) is 18.9. The van der Waals surface area contributed by atoms with E-state index >= 15 is 0 Å². The van der Waals surface area contributed by atoms with E-state index in [4.69, 9.17) is 4.74 Å². The highest BCUT2D eigenvalue weighted by molar-refractivity contribution is 7.13. The lowest BCUT2D eigenvalue weighted by Gasteiger charge is -2.24. The number of nitrogens with one attached hydrogen (secondary N) is 1. The highest BCUT2D eigenvalue weighted by atomic mass is 32.1. The van der Waals surface area contributed by atoms with Crippen LogP contribution in [0.4, 0.5) is 5.13 Å². The quantitative estimate of drug-likeness (QED) is 0.775. The van der Waals surface area contributed by atoms with Gasteiger partial charge in [0.1, 0.15) is 12.3 Å². The van der Waals surface area contributed by atoms with Gasteiger partial charge in [0.15, 0.2) is 5.13 Å². The van der Waals surface area contributed by atoms with E-state index < -0.39 is 0 Å². The number of ether oxygens (including phenoxy) is 1. The van der Waals surface area contributed by atoms with Crippen molar-refractivity contribution in [3.05, 3.63) is 41.4 Å². The second-order valence-electron chi connectivity index (χ2n) is 5.65. The zero-order valence-electron chi connectivity index (χ0n) is 14.6. The third-order valence-electron chi connectivity index (χ3n) is 3.43. The summed E-state index contributed by atoms with van der Waals surface area (Å²) in [5, 5.41) is 5.00. The van der Waals surface area contributed by atoms with Gasteiger partial charge >= 0.3 is 0 Å². The summed E-state index contributed by atoms with van der Waals surface area (Å²) in [7, 11) is 5.39. The molecule has 0 radical (unpaired) electrons. The fraction of sp³-hybridized carbons (Fsp3) is 0.353. The van der Waals surface area contributed by atoms with Gasteiger partial charge < -0.3 is 19.9 Å².